The Morgan fingerprint density at radius 2 is 1.62 bits per heavy atom. The lowest BCUT2D eigenvalue weighted by atomic mass is 10.0. The first-order chi connectivity index (χ1) is 18.5. The van der Waals surface area contributed by atoms with Gasteiger partial charge in [-0.15, -0.1) is 0 Å². The minimum Gasteiger partial charge on any atom is -0.354 e. The smallest absolute Gasteiger partial charge is 0.244 e. The molecule has 0 aliphatic rings. The summed E-state index contributed by atoms with van der Waals surface area (Å²) in [6.45, 7) is 5.76. The molecule has 1 atom stereocenters. The van der Waals surface area contributed by atoms with Gasteiger partial charge in [-0.25, -0.2) is 8.42 Å². The van der Waals surface area contributed by atoms with Gasteiger partial charge < -0.3 is 10.2 Å². The van der Waals surface area contributed by atoms with Crippen LogP contribution in [0.15, 0.2) is 72.8 Å². The number of rotatable bonds is 12. The molecule has 0 aliphatic carbocycles. The molecule has 3 aromatic carbocycles. The second-order valence-electron chi connectivity index (χ2n) is 9.70. The predicted octanol–water partition coefficient (Wildman–Crippen LogP) is 4.89. The van der Waals surface area contributed by atoms with Crippen LogP contribution in [0.4, 0.5) is 5.69 Å². The van der Waals surface area contributed by atoms with E-state index in [1.807, 2.05) is 56.3 Å². The van der Waals surface area contributed by atoms with E-state index in [4.69, 9.17) is 11.6 Å². The Morgan fingerprint density at radius 1 is 0.949 bits per heavy atom. The van der Waals surface area contributed by atoms with Gasteiger partial charge in [0, 0.05) is 24.5 Å². The molecule has 9 heteroatoms. The summed E-state index contributed by atoms with van der Waals surface area (Å²) in [6, 6.07) is 21.1. The van der Waals surface area contributed by atoms with Crippen molar-refractivity contribution in [2.75, 3.05) is 23.7 Å². The highest BCUT2D eigenvalue weighted by atomic mass is 35.5. The molecule has 3 rings (SSSR count). The van der Waals surface area contributed by atoms with E-state index in [2.05, 4.69) is 5.32 Å². The molecule has 0 radical (unpaired) electrons. The molecule has 3 aromatic rings. The SMILES string of the molecule is CCCNC(=O)[C@@H](Cc1ccccc1)N(Cc1ccc(Cl)cc1)C(=O)CN(c1cc(C)ccc1C)S(C)(=O)=O. The zero-order valence-corrected chi connectivity index (χ0v) is 24.4. The molecule has 0 saturated carbocycles. The molecule has 2 amide bonds. The van der Waals surface area contributed by atoms with Gasteiger partial charge in [-0.05, 0) is 60.7 Å². The van der Waals surface area contributed by atoms with Gasteiger partial charge in [-0.2, -0.15) is 0 Å². The van der Waals surface area contributed by atoms with Crippen LogP contribution in [0.5, 0.6) is 0 Å². The van der Waals surface area contributed by atoms with Crippen LogP contribution >= 0.6 is 11.6 Å². The summed E-state index contributed by atoms with van der Waals surface area (Å²) in [5, 5.41) is 3.48. The lowest BCUT2D eigenvalue weighted by Gasteiger charge is -2.34. The van der Waals surface area contributed by atoms with Crippen molar-refractivity contribution < 1.29 is 18.0 Å². The van der Waals surface area contributed by atoms with E-state index >= 15 is 0 Å². The quantitative estimate of drug-likeness (QED) is 0.336. The first-order valence-electron chi connectivity index (χ1n) is 12.9. The number of anilines is 1. The van der Waals surface area contributed by atoms with Crippen LogP contribution < -0.4 is 9.62 Å². The second kappa shape index (κ2) is 13.6. The van der Waals surface area contributed by atoms with Gasteiger partial charge in [0.1, 0.15) is 12.6 Å². The normalized spacial score (nSPS) is 12.0. The van der Waals surface area contributed by atoms with Crippen molar-refractivity contribution in [2.24, 2.45) is 0 Å². The number of aryl methyl sites for hydroxylation is 2. The maximum absolute atomic E-state index is 14.1. The zero-order chi connectivity index (χ0) is 28.6. The number of benzene rings is 3. The number of nitrogens with one attached hydrogen (secondary N) is 1. The van der Waals surface area contributed by atoms with Gasteiger partial charge in [-0.3, -0.25) is 13.9 Å². The molecule has 0 aliphatic heterocycles. The average Bonchev–Trinajstić information content (AvgIpc) is 2.90. The highest BCUT2D eigenvalue weighted by Crippen LogP contribution is 2.25. The maximum atomic E-state index is 14.1. The second-order valence-corrected chi connectivity index (χ2v) is 12.0. The van der Waals surface area contributed by atoms with Crippen LogP contribution in [0, 0.1) is 13.8 Å². The number of sulfonamides is 1. The van der Waals surface area contributed by atoms with Crippen molar-refractivity contribution in [3.63, 3.8) is 0 Å². The Kier molecular flexibility index (Phi) is 10.5. The Labute approximate surface area is 236 Å². The summed E-state index contributed by atoms with van der Waals surface area (Å²) in [5.41, 5.74) is 3.69. The zero-order valence-electron chi connectivity index (χ0n) is 22.9. The fourth-order valence-corrected chi connectivity index (χ4v) is 5.31. The number of halogens is 1. The summed E-state index contributed by atoms with van der Waals surface area (Å²) in [7, 11) is -3.82. The van der Waals surface area contributed by atoms with Crippen LogP contribution in [0.3, 0.4) is 0 Å². The minimum absolute atomic E-state index is 0.109. The van der Waals surface area contributed by atoms with E-state index in [9.17, 15) is 18.0 Å². The number of carbonyl (C=O) groups excluding carboxylic acids is 2. The average molecular weight is 570 g/mol. The molecular formula is C30H36ClN3O4S. The molecule has 0 bridgehead atoms. The summed E-state index contributed by atoms with van der Waals surface area (Å²) in [6.07, 6.45) is 2.10. The van der Waals surface area contributed by atoms with Crippen molar-refractivity contribution in [3.8, 4) is 0 Å². The first kappa shape index (κ1) is 30.2. The van der Waals surface area contributed by atoms with Gasteiger partial charge in [0.05, 0.1) is 11.9 Å². The maximum Gasteiger partial charge on any atom is 0.244 e. The molecule has 0 aromatic heterocycles. The number of amides is 2. The molecule has 7 nitrogen and oxygen atoms in total. The third kappa shape index (κ3) is 8.57. The van der Waals surface area contributed by atoms with Gasteiger partial charge in [-0.1, -0.05) is 73.1 Å². The van der Waals surface area contributed by atoms with Crippen molar-refractivity contribution in [2.45, 2.75) is 46.2 Å². The number of nitrogens with zero attached hydrogens (tertiary/aromatic N) is 2. The third-order valence-corrected chi connectivity index (χ3v) is 7.78. The Balaban J connectivity index is 2.06. The molecule has 0 unspecified atom stereocenters. The molecule has 0 spiro atoms. The van der Waals surface area contributed by atoms with Gasteiger partial charge >= 0.3 is 0 Å². The fraction of sp³-hybridized carbons (Fsp3) is 0.333. The van der Waals surface area contributed by atoms with Crippen molar-refractivity contribution in [3.05, 3.63) is 100 Å². The lowest BCUT2D eigenvalue weighted by Crippen LogP contribution is -2.53. The first-order valence-corrected chi connectivity index (χ1v) is 15.1. The monoisotopic (exact) mass is 569 g/mol. The molecule has 208 valence electrons. The molecule has 0 fully saturated rings. The number of hydrogen-bond donors (Lipinski definition) is 1. The predicted molar refractivity (Wildman–Crippen MR) is 157 cm³/mol. The van der Waals surface area contributed by atoms with E-state index in [0.717, 1.165) is 39.2 Å². The molecular weight excluding hydrogens is 534 g/mol. The Hall–Kier alpha value is -3.36. The van der Waals surface area contributed by atoms with Crippen LogP contribution in [-0.2, 0) is 32.6 Å². The summed E-state index contributed by atoms with van der Waals surface area (Å²) >= 11 is 6.08. The van der Waals surface area contributed by atoms with Crippen molar-refractivity contribution in [1.82, 2.24) is 10.2 Å². The standard InChI is InChI=1S/C30H36ClN3O4S/c1-5-17-32-30(36)28(19-24-9-7-6-8-10-24)33(20-25-13-15-26(31)16-14-25)29(35)21-34(39(4,37)38)27-18-22(2)11-12-23(27)3/h6-16,18,28H,5,17,19-21H2,1-4H3,(H,32,36)/t28-/m1/s1. The molecule has 1 N–H and O–H groups in total. The third-order valence-electron chi connectivity index (χ3n) is 6.40. The largest absolute Gasteiger partial charge is 0.354 e. The number of carbonyl (C=O) groups is 2. The van der Waals surface area contributed by atoms with Gasteiger partial charge in [0.15, 0.2) is 0 Å². The molecule has 0 saturated heterocycles. The summed E-state index contributed by atoms with van der Waals surface area (Å²) < 4.78 is 27.0. The summed E-state index contributed by atoms with van der Waals surface area (Å²) in [5.74, 6) is -0.774. The minimum atomic E-state index is -3.82. The van der Waals surface area contributed by atoms with E-state index in [1.54, 1.807) is 37.3 Å². The molecule has 39 heavy (non-hydrogen) atoms. The van der Waals surface area contributed by atoms with E-state index in [0.29, 0.717) is 17.3 Å². The lowest BCUT2D eigenvalue weighted by molar-refractivity contribution is -0.140. The van der Waals surface area contributed by atoms with Crippen LogP contribution in [0.25, 0.3) is 0 Å². The highest BCUT2D eigenvalue weighted by Gasteiger charge is 2.33. The number of hydrogen-bond acceptors (Lipinski definition) is 4. The van der Waals surface area contributed by atoms with Crippen molar-refractivity contribution >= 4 is 39.1 Å². The van der Waals surface area contributed by atoms with Crippen molar-refractivity contribution in [1.29, 1.82) is 0 Å². The molecule has 0 heterocycles. The fourth-order valence-electron chi connectivity index (χ4n) is 4.29. The summed E-state index contributed by atoms with van der Waals surface area (Å²) in [4.78, 5) is 29.0. The van der Waals surface area contributed by atoms with Crippen LogP contribution in [0.2, 0.25) is 5.02 Å². The highest BCUT2D eigenvalue weighted by molar-refractivity contribution is 7.92. The van der Waals surface area contributed by atoms with Gasteiger partial charge in [0.2, 0.25) is 21.8 Å². The van der Waals surface area contributed by atoms with Gasteiger partial charge in [0.25, 0.3) is 0 Å². The van der Waals surface area contributed by atoms with Crippen LogP contribution in [-0.4, -0.2) is 50.5 Å². The van der Waals surface area contributed by atoms with Crippen LogP contribution in [0.1, 0.15) is 35.6 Å². The Bertz CT molecular complexity index is 1380. The Morgan fingerprint density at radius 3 is 2.23 bits per heavy atom. The topological polar surface area (TPSA) is 86.8 Å². The van der Waals surface area contributed by atoms with E-state index < -0.39 is 28.5 Å². The van der Waals surface area contributed by atoms with E-state index in [1.165, 1.54) is 4.90 Å². The van der Waals surface area contributed by atoms with E-state index in [-0.39, 0.29) is 18.9 Å².